The highest BCUT2D eigenvalue weighted by atomic mass is 19.4. The summed E-state index contributed by atoms with van der Waals surface area (Å²) in [6.07, 6.45) is -3.42. The number of hydrogen-bond donors (Lipinski definition) is 4. The zero-order valence-corrected chi connectivity index (χ0v) is 27.4. The smallest absolute Gasteiger partial charge is 0.432 e. The molecule has 262 valence electrons. The summed E-state index contributed by atoms with van der Waals surface area (Å²) >= 11 is 0. The number of rotatable bonds is 7. The van der Waals surface area contributed by atoms with E-state index < -0.39 is 46.4 Å². The average Bonchev–Trinajstić information content (AvgIpc) is 3.57. The first-order chi connectivity index (χ1) is 24.3. The van der Waals surface area contributed by atoms with Crippen molar-refractivity contribution in [3.05, 3.63) is 82.1 Å². The van der Waals surface area contributed by atoms with Crippen molar-refractivity contribution in [2.75, 3.05) is 40.3 Å². The first kappa shape index (κ1) is 32.0. The van der Waals surface area contributed by atoms with Crippen molar-refractivity contribution in [2.24, 2.45) is 5.92 Å². The van der Waals surface area contributed by atoms with E-state index >= 15 is 0 Å². The Labute approximate surface area is 285 Å². The highest BCUT2D eigenvalue weighted by Gasteiger charge is 2.69. The number of amides is 2. The molecule has 2 amide bonds. The van der Waals surface area contributed by atoms with Gasteiger partial charge >= 0.3 is 12.1 Å². The van der Waals surface area contributed by atoms with E-state index in [1.54, 1.807) is 36.4 Å². The van der Waals surface area contributed by atoms with Crippen LogP contribution in [0.1, 0.15) is 59.5 Å². The topological polar surface area (TPSA) is 168 Å². The molecule has 1 saturated carbocycles. The quantitative estimate of drug-likeness (QED) is 0.160. The Morgan fingerprint density at radius 1 is 0.922 bits per heavy atom. The van der Waals surface area contributed by atoms with Gasteiger partial charge in [-0.2, -0.15) is 13.2 Å². The van der Waals surface area contributed by atoms with Gasteiger partial charge in [0, 0.05) is 51.3 Å². The van der Waals surface area contributed by atoms with E-state index in [0.717, 1.165) is 7.11 Å². The van der Waals surface area contributed by atoms with E-state index in [1.807, 2.05) is 0 Å². The lowest BCUT2D eigenvalue weighted by Crippen LogP contribution is -2.34. The molecule has 13 nitrogen and oxygen atoms in total. The highest BCUT2D eigenvalue weighted by Crippen LogP contribution is 2.68. The lowest BCUT2D eigenvalue weighted by Gasteiger charge is -2.28. The van der Waals surface area contributed by atoms with E-state index in [4.69, 9.17) is 18.9 Å². The van der Waals surface area contributed by atoms with Gasteiger partial charge in [-0.3, -0.25) is 14.4 Å². The fraction of sp³-hybridized carbons (Fsp3) is 0.257. The van der Waals surface area contributed by atoms with Gasteiger partial charge in [0.25, 0.3) is 11.8 Å². The van der Waals surface area contributed by atoms with Gasteiger partial charge in [-0.15, -0.1) is 0 Å². The highest BCUT2D eigenvalue weighted by molar-refractivity contribution is 6.12. The largest absolute Gasteiger partial charge is 0.493 e. The number of nitrogens with one attached hydrogen (secondary N) is 4. The van der Waals surface area contributed by atoms with Crippen LogP contribution in [0.25, 0.3) is 21.8 Å². The molecule has 2 fully saturated rings. The van der Waals surface area contributed by atoms with Crippen LogP contribution >= 0.6 is 0 Å². The minimum atomic E-state index is -4.95. The van der Waals surface area contributed by atoms with Crippen LogP contribution in [0.3, 0.4) is 0 Å². The van der Waals surface area contributed by atoms with Gasteiger partial charge in [0.2, 0.25) is 11.5 Å². The van der Waals surface area contributed by atoms with E-state index in [1.165, 1.54) is 32.3 Å². The second-order valence-corrected chi connectivity index (χ2v) is 12.5. The number of methoxy groups -OCH3 is 4. The molecule has 3 aromatic heterocycles. The monoisotopic (exact) mass is 703 g/mol. The van der Waals surface area contributed by atoms with Gasteiger partial charge in [0.1, 0.15) is 17.1 Å². The number of esters is 1. The van der Waals surface area contributed by atoms with Gasteiger partial charge in [0.05, 0.1) is 45.2 Å². The van der Waals surface area contributed by atoms with Crippen LogP contribution in [-0.4, -0.2) is 78.4 Å². The summed E-state index contributed by atoms with van der Waals surface area (Å²) in [5, 5.41) is 4.09. The van der Waals surface area contributed by atoms with Crippen LogP contribution in [-0.2, 0) is 16.3 Å². The average molecular weight is 704 g/mol. The summed E-state index contributed by atoms with van der Waals surface area (Å²) in [5.74, 6) is -2.09. The van der Waals surface area contributed by atoms with Crippen molar-refractivity contribution in [2.45, 2.75) is 18.0 Å². The number of H-pyrrole nitrogens is 3. The standard InChI is InChI=1S/C35H28F3N5O8/c1-48-22-10-15-9-19(41-26(15)29(50-3)28(22)49-2)31(45)39-17-5-6-18-14(7-17)8-20(40-18)32(46)43-13-16-12-34(16)23(43)11-21(44)27-25(34)24(33(47)51-4)30(42-27)35(36,37)38/h5-11,16,40-42H,12-13H2,1-4H3,(H,39,45). The van der Waals surface area contributed by atoms with Crippen molar-refractivity contribution < 1.29 is 51.3 Å². The molecule has 5 aromatic rings. The third-order valence-electron chi connectivity index (χ3n) is 9.91. The Morgan fingerprint density at radius 2 is 1.67 bits per heavy atom. The van der Waals surface area contributed by atoms with Crippen molar-refractivity contribution >= 4 is 51.1 Å². The molecule has 0 radical (unpaired) electrons. The number of alkyl halides is 3. The van der Waals surface area contributed by atoms with Gasteiger partial charge in [-0.25, -0.2) is 4.79 Å². The van der Waals surface area contributed by atoms with Crippen molar-refractivity contribution in [1.29, 1.82) is 0 Å². The number of anilines is 1. The fourth-order valence-electron chi connectivity index (χ4n) is 7.64. The number of likely N-dealkylation sites (tertiary alicyclic amines) is 1. The molecule has 0 bridgehead atoms. The van der Waals surface area contributed by atoms with Gasteiger partial charge in [-0.05, 0) is 48.7 Å². The Balaban J connectivity index is 1.07. The predicted molar refractivity (Wildman–Crippen MR) is 175 cm³/mol. The van der Waals surface area contributed by atoms with Crippen molar-refractivity contribution in [3.8, 4) is 17.2 Å². The molecule has 2 aromatic carbocycles. The Bertz CT molecular complexity index is 2400. The number of nitrogens with zero attached hydrogens (tertiary/aromatic N) is 1. The number of carbonyl (C=O) groups excluding carboxylic acids is 4. The number of aromatic nitrogens is 3. The number of ether oxygens (including phenoxy) is 4. The molecular formula is C35H28F3N5O8. The minimum Gasteiger partial charge on any atom is -0.493 e. The molecule has 8 rings (SSSR count). The molecule has 2 atom stereocenters. The van der Waals surface area contributed by atoms with Crippen molar-refractivity contribution in [1.82, 2.24) is 19.9 Å². The first-order valence-corrected chi connectivity index (χ1v) is 15.6. The third kappa shape index (κ3) is 4.54. The fourth-order valence-corrected chi connectivity index (χ4v) is 7.64. The molecule has 51 heavy (non-hydrogen) atoms. The zero-order chi connectivity index (χ0) is 36.1. The Morgan fingerprint density at radius 3 is 2.35 bits per heavy atom. The van der Waals surface area contributed by atoms with E-state index in [-0.39, 0.29) is 40.8 Å². The van der Waals surface area contributed by atoms with Crippen molar-refractivity contribution in [3.63, 3.8) is 0 Å². The van der Waals surface area contributed by atoms with Crippen LogP contribution in [0.5, 0.6) is 17.2 Å². The Hall–Kier alpha value is -6.19. The Kier molecular flexibility index (Phi) is 6.85. The number of piperidine rings is 1. The predicted octanol–water partition coefficient (Wildman–Crippen LogP) is 5.55. The molecule has 2 aliphatic carbocycles. The zero-order valence-electron chi connectivity index (χ0n) is 27.4. The van der Waals surface area contributed by atoms with Gasteiger partial charge in [-0.1, -0.05) is 0 Å². The molecule has 1 spiro atoms. The SMILES string of the molecule is COC(=O)c1c(C(F)(F)F)[nH]c2c1C13CC1CN(C(=O)c1cc4cc(NC(=O)c5cc6cc(OC)c(OC)c(OC)c6[nH]5)ccc4[nH]1)C3=CC2=O. The van der Waals surface area contributed by atoms with Gasteiger partial charge in [0.15, 0.2) is 11.5 Å². The number of hydrogen-bond acceptors (Lipinski definition) is 8. The number of allylic oxidation sites excluding steroid dienone is 2. The molecule has 3 aliphatic rings. The molecule has 4 N–H and O–H groups in total. The maximum Gasteiger partial charge on any atom is 0.432 e. The van der Waals surface area contributed by atoms with E-state index in [2.05, 4.69) is 20.3 Å². The van der Waals surface area contributed by atoms with Crippen LogP contribution in [0.4, 0.5) is 18.9 Å². The van der Waals surface area contributed by atoms with Crippen LogP contribution < -0.4 is 19.5 Å². The molecule has 1 aliphatic heterocycles. The number of ketones is 1. The summed E-state index contributed by atoms with van der Waals surface area (Å²) in [7, 11) is 5.42. The third-order valence-corrected chi connectivity index (χ3v) is 9.91. The second kappa shape index (κ2) is 10.9. The number of carbonyl (C=O) groups is 4. The van der Waals surface area contributed by atoms with Crippen LogP contribution in [0.15, 0.2) is 48.2 Å². The molecule has 4 heterocycles. The molecule has 1 saturated heterocycles. The lowest BCUT2D eigenvalue weighted by atomic mass is 9.82. The minimum absolute atomic E-state index is 0.0758. The summed E-state index contributed by atoms with van der Waals surface area (Å²) in [6, 6.07) is 9.97. The molecule has 16 heteroatoms. The summed E-state index contributed by atoms with van der Waals surface area (Å²) in [4.78, 5) is 62.7. The number of halogens is 3. The molecular weight excluding hydrogens is 675 g/mol. The number of benzene rings is 2. The van der Waals surface area contributed by atoms with Gasteiger partial charge < -0.3 is 44.1 Å². The molecule has 2 unspecified atom stereocenters. The summed E-state index contributed by atoms with van der Waals surface area (Å²) in [5.41, 5.74) is -1.41. The first-order valence-electron chi connectivity index (χ1n) is 15.6. The number of aromatic amines is 3. The maximum absolute atomic E-state index is 14.0. The summed E-state index contributed by atoms with van der Waals surface area (Å²) in [6.45, 7) is 0.133. The van der Waals surface area contributed by atoms with Crippen LogP contribution in [0.2, 0.25) is 0 Å². The second-order valence-electron chi connectivity index (χ2n) is 12.5. The van der Waals surface area contributed by atoms with E-state index in [9.17, 15) is 32.3 Å². The van der Waals surface area contributed by atoms with E-state index in [0.29, 0.717) is 51.2 Å². The summed E-state index contributed by atoms with van der Waals surface area (Å²) < 4.78 is 63.1. The van der Waals surface area contributed by atoms with Crippen LogP contribution in [0, 0.1) is 5.92 Å². The lowest BCUT2D eigenvalue weighted by molar-refractivity contribution is -0.141. The number of fused-ring (bicyclic) bond motifs is 3. The maximum atomic E-state index is 14.0. The normalized spacial score (nSPS) is 19.0.